The summed E-state index contributed by atoms with van der Waals surface area (Å²) in [6.45, 7) is 1.78. The number of phenols is 1. The number of rotatable bonds is 3. The molecule has 0 unspecified atom stereocenters. The minimum Gasteiger partial charge on any atom is -0.505 e. The van der Waals surface area contributed by atoms with Crippen LogP contribution in [0.5, 0.6) is 5.75 Å². The van der Waals surface area contributed by atoms with Crippen molar-refractivity contribution in [2.45, 2.75) is 37.6 Å². The van der Waals surface area contributed by atoms with E-state index in [2.05, 4.69) is 4.99 Å². The highest BCUT2D eigenvalue weighted by molar-refractivity contribution is 5.91. The number of halogens is 5. The van der Waals surface area contributed by atoms with E-state index in [1.807, 2.05) is 0 Å². The highest BCUT2D eigenvalue weighted by atomic mass is 19.4. The van der Waals surface area contributed by atoms with E-state index >= 15 is 0 Å². The van der Waals surface area contributed by atoms with Gasteiger partial charge in [-0.1, -0.05) is 13.0 Å². The minimum atomic E-state index is -4.97. The lowest BCUT2D eigenvalue weighted by atomic mass is 9.77. The van der Waals surface area contributed by atoms with Gasteiger partial charge in [0, 0.05) is 23.6 Å². The first-order valence-corrected chi connectivity index (χ1v) is 9.40. The molecular formula is C20H18F5N3O5. The van der Waals surface area contributed by atoms with Crippen molar-refractivity contribution in [3.63, 3.8) is 0 Å². The predicted octanol–water partition coefficient (Wildman–Crippen LogP) is 2.38. The number of primary amides is 1. The molecule has 13 heteroatoms. The average Bonchev–Trinajstić information content (AvgIpc) is 3.00. The summed E-state index contributed by atoms with van der Waals surface area (Å²) in [7, 11) is 0. The van der Waals surface area contributed by atoms with Gasteiger partial charge in [-0.3, -0.25) is 9.59 Å². The van der Waals surface area contributed by atoms with Gasteiger partial charge in [-0.05, 0) is 25.1 Å². The second kappa shape index (κ2) is 8.14. The quantitative estimate of drug-likeness (QED) is 0.464. The molecule has 0 bridgehead atoms. The molecular weight excluding hydrogens is 457 g/mol. The Balaban J connectivity index is 2.15. The van der Waals surface area contributed by atoms with Crippen molar-refractivity contribution >= 4 is 11.8 Å². The molecule has 1 aliphatic rings. The van der Waals surface area contributed by atoms with E-state index in [0.29, 0.717) is 17.7 Å². The number of benzene rings is 1. The molecule has 8 nitrogen and oxygen atoms in total. The van der Waals surface area contributed by atoms with E-state index in [0.717, 1.165) is 31.3 Å². The molecule has 178 valence electrons. The van der Waals surface area contributed by atoms with Crippen LogP contribution in [0.1, 0.15) is 35.8 Å². The minimum absolute atomic E-state index is 0.246. The molecule has 0 spiro atoms. The van der Waals surface area contributed by atoms with Crippen LogP contribution in [0.4, 0.5) is 22.0 Å². The van der Waals surface area contributed by atoms with Gasteiger partial charge >= 0.3 is 6.18 Å². The Hall–Kier alpha value is -3.48. The van der Waals surface area contributed by atoms with Crippen LogP contribution < -0.4 is 11.1 Å². The predicted molar refractivity (Wildman–Crippen MR) is 100.0 cm³/mol. The number of phenolic OH excluding ortho intramolecular Hbond substituents is 1. The first kappa shape index (κ1) is 24.2. The summed E-state index contributed by atoms with van der Waals surface area (Å²) in [5.41, 5.74) is 1.25. The summed E-state index contributed by atoms with van der Waals surface area (Å²) in [4.78, 5) is 27.9. The highest BCUT2D eigenvalue weighted by Gasteiger charge is 2.65. The number of amides is 2. The fraction of sp³-hybridized carbons (Fsp3) is 0.350. The third-order valence-corrected chi connectivity index (χ3v) is 5.78. The molecule has 1 aliphatic heterocycles. The molecule has 4 N–H and O–H groups in total. The van der Waals surface area contributed by atoms with Crippen LogP contribution in [0.25, 0.3) is 0 Å². The zero-order chi connectivity index (χ0) is 24.9. The number of aromatic hydroxyl groups is 1. The van der Waals surface area contributed by atoms with Gasteiger partial charge in [-0.2, -0.15) is 22.3 Å². The summed E-state index contributed by atoms with van der Waals surface area (Å²) in [5, 5.41) is 19.4. The number of pyridine rings is 1. The molecule has 4 atom stereocenters. The lowest BCUT2D eigenvalue weighted by molar-refractivity contribution is -0.272. The van der Waals surface area contributed by atoms with Crippen molar-refractivity contribution < 1.29 is 46.6 Å². The van der Waals surface area contributed by atoms with Gasteiger partial charge in [0.05, 0.1) is 5.36 Å². The Morgan fingerprint density at radius 3 is 2.45 bits per heavy atom. The lowest BCUT2D eigenvalue weighted by Crippen LogP contribution is -2.47. The van der Waals surface area contributed by atoms with E-state index in [-0.39, 0.29) is 5.36 Å². The molecule has 2 amide bonds. The Labute approximate surface area is 182 Å². The summed E-state index contributed by atoms with van der Waals surface area (Å²) < 4.78 is 74.4. The topological polar surface area (TPSA) is 127 Å². The van der Waals surface area contributed by atoms with Crippen molar-refractivity contribution in [1.82, 2.24) is 4.73 Å². The zero-order valence-corrected chi connectivity index (χ0v) is 17.1. The second-order valence-corrected chi connectivity index (χ2v) is 7.69. The van der Waals surface area contributed by atoms with Crippen LogP contribution in [0, 0.1) is 17.6 Å². The summed E-state index contributed by atoms with van der Waals surface area (Å²) in [5.74, 6) is -9.81. The second-order valence-electron chi connectivity index (χ2n) is 7.69. The first-order valence-electron chi connectivity index (χ1n) is 9.40. The zero-order valence-electron chi connectivity index (χ0n) is 17.1. The van der Waals surface area contributed by atoms with Crippen molar-refractivity contribution in [1.29, 1.82) is 0 Å². The number of nitrogens with zero attached hydrogens (tertiary/aromatic N) is 2. The van der Waals surface area contributed by atoms with Crippen LogP contribution in [-0.4, -0.2) is 44.7 Å². The Morgan fingerprint density at radius 1 is 1.24 bits per heavy atom. The number of ether oxygens (including phenoxy) is 1. The molecule has 3 rings (SSSR count). The highest BCUT2D eigenvalue weighted by Crippen LogP contribution is 2.54. The van der Waals surface area contributed by atoms with Crippen molar-refractivity contribution in [2.75, 3.05) is 0 Å². The monoisotopic (exact) mass is 475 g/mol. The third kappa shape index (κ3) is 4.03. The molecule has 1 aromatic carbocycles. The van der Waals surface area contributed by atoms with Gasteiger partial charge in [0.2, 0.25) is 5.82 Å². The Kier molecular flexibility index (Phi) is 5.96. The number of hydrogen-bond acceptors (Lipinski definition) is 5. The van der Waals surface area contributed by atoms with Gasteiger partial charge in [0.1, 0.15) is 11.8 Å². The maximum Gasteiger partial charge on any atom is 0.417 e. The molecule has 0 radical (unpaired) electrons. The number of hydrogen-bond donors (Lipinski definition) is 3. The van der Waals surface area contributed by atoms with Crippen LogP contribution in [-0.2, 0) is 9.53 Å². The largest absolute Gasteiger partial charge is 0.505 e. The first-order chi connectivity index (χ1) is 15.2. The van der Waals surface area contributed by atoms with Crippen LogP contribution in [0.3, 0.4) is 0 Å². The van der Waals surface area contributed by atoms with E-state index in [4.69, 9.17) is 10.5 Å². The van der Waals surface area contributed by atoms with Gasteiger partial charge in [0.25, 0.3) is 11.8 Å². The van der Waals surface area contributed by atoms with Crippen LogP contribution in [0.2, 0.25) is 0 Å². The fourth-order valence-electron chi connectivity index (χ4n) is 3.76. The maximum atomic E-state index is 14.0. The molecule has 33 heavy (non-hydrogen) atoms. The van der Waals surface area contributed by atoms with Gasteiger partial charge < -0.3 is 20.8 Å². The lowest BCUT2D eigenvalue weighted by Gasteiger charge is -2.31. The van der Waals surface area contributed by atoms with E-state index in [9.17, 15) is 41.9 Å². The van der Waals surface area contributed by atoms with Crippen molar-refractivity contribution in [3.05, 3.63) is 58.7 Å². The van der Waals surface area contributed by atoms with Crippen molar-refractivity contribution in [2.24, 2.45) is 16.6 Å². The van der Waals surface area contributed by atoms with Gasteiger partial charge in [-0.25, -0.2) is 9.38 Å². The van der Waals surface area contributed by atoms with E-state index < -0.39 is 70.2 Å². The Bertz CT molecular complexity index is 1200. The van der Waals surface area contributed by atoms with Gasteiger partial charge in [-0.15, -0.1) is 0 Å². The molecule has 2 heterocycles. The van der Waals surface area contributed by atoms with Crippen molar-refractivity contribution in [3.8, 4) is 5.75 Å². The number of carbonyl (C=O) groups is 2. The number of aromatic nitrogens is 1. The molecule has 0 aliphatic carbocycles. The summed E-state index contributed by atoms with van der Waals surface area (Å²) in [6.07, 6.45) is -6.01. The average molecular weight is 475 g/mol. The van der Waals surface area contributed by atoms with Crippen LogP contribution >= 0.6 is 0 Å². The smallest absolute Gasteiger partial charge is 0.417 e. The molecule has 1 aromatic heterocycles. The normalized spacial score (nSPS) is 25.9. The fourth-order valence-corrected chi connectivity index (χ4v) is 3.76. The molecule has 0 saturated carbocycles. The molecule has 2 aromatic rings. The Morgan fingerprint density at radius 2 is 1.88 bits per heavy atom. The SMILES string of the molecule is C[C@@H]1[C@@H](c2ccc(F)c(F)c2O)[C@@H](C(=O)N=c2ccn(O)c(C(N)=O)c2)O[C@]1(C)C(F)(F)F. The summed E-state index contributed by atoms with van der Waals surface area (Å²) >= 11 is 0. The molecule has 1 fully saturated rings. The van der Waals surface area contributed by atoms with E-state index in [1.165, 1.54) is 0 Å². The van der Waals surface area contributed by atoms with E-state index in [1.54, 1.807) is 0 Å². The number of carbonyl (C=O) groups excluding carboxylic acids is 2. The number of nitrogens with two attached hydrogens (primary N) is 1. The maximum absolute atomic E-state index is 14.0. The van der Waals surface area contributed by atoms with Gasteiger partial charge in [0.15, 0.2) is 17.2 Å². The standard InChI is InChI=1S/C20H18F5N3O5/c1-8-13(10-3-4-11(21)14(22)15(10)29)16(33-19(8,2)20(23,24)25)18(31)27-9-5-6-28(32)12(7-9)17(26)30/h3-8,13,16,29,32H,1-2H3,(H2,26,30)/t8-,13+,16+,19+/m1/s1. The third-order valence-electron chi connectivity index (χ3n) is 5.78. The van der Waals surface area contributed by atoms with Crippen LogP contribution in [0.15, 0.2) is 35.5 Å². The summed E-state index contributed by atoms with van der Waals surface area (Å²) in [6, 6.07) is 3.44. The number of alkyl halides is 3. The molecule has 1 saturated heterocycles.